The number of carbonyl (C=O) groups excluding carboxylic acids is 1. The van der Waals surface area contributed by atoms with Crippen LogP contribution in [-0.2, 0) is 9.53 Å². The molecule has 1 N–H and O–H groups in total. The van der Waals surface area contributed by atoms with Gasteiger partial charge in [-0.1, -0.05) is 41.6 Å². The summed E-state index contributed by atoms with van der Waals surface area (Å²) < 4.78 is 6.93. The fraction of sp³-hybridized carbons (Fsp3) is 0.250. The zero-order valence-corrected chi connectivity index (χ0v) is 16.2. The van der Waals surface area contributed by atoms with E-state index in [4.69, 9.17) is 4.74 Å². The van der Waals surface area contributed by atoms with Crippen LogP contribution in [0.1, 0.15) is 19.4 Å². The number of aromatic nitrogens is 3. The van der Waals surface area contributed by atoms with Crippen LogP contribution < -0.4 is 0 Å². The Kier molecular flexibility index (Phi) is 5.81. The second-order valence-electron chi connectivity index (χ2n) is 6.01. The van der Waals surface area contributed by atoms with Gasteiger partial charge < -0.3 is 9.84 Å². The van der Waals surface area contributed by atoms with E-state index in [0.717, 1.165) is 11.3 Å². The summed E-state index contributed by atoms with van der Waals surface area (Å²) in [7, 11) is 0. The minimum atomic E-state index is -0.435. The van der Waals surface area contributed by atoms with Crippen molar-refractivity contribution < 1.29 is 14.6 Å². The fourth-order valence-electron chi connectivity index (χ4n) is 2.58. The molecule has 3 aromatic rings. The Morgan fingerprint density at radius 2 is 1.89 bits per heavy atom. The van der Waals surface area contributed by atoms with Crippen LogP contribution in [0.5, 0.6) is 5.75 Å². The molecule has 1 heterocycles. The number of para-hydroxylation sites is 1. The van der Waals surface area contributed by atoms with E-state index in [2.05, 4.69) is 10.2 Å². The van der Waals surface area contributed by atoms with Gasteiger partial charge in [0.15, 0.2) is 11.0 Å². The Balaban J connectivity index is 2.08. The molecular weight excluding hydrogens is 362 g/mol. The first-order chi connectivity index (χ1) is 13.0. The van der Waals surface area contributed by atoms with Crippen molar-refractivity contribution >= 4 is 17.7 Å². The Labute approximate surface area is 162 Å². The van der Waals surface area contributed by atoms with E-state index >= 15 is 0 Å². The number of hydrogen-bond acceptors (Lipinski definition) is 6. The molecule has 0 radical (unpaired) electrons. The minimum absolute atomic E-state index is 0.119. The number of aryl methyl sites for hydroxylation is 1. The second-order valence-corrected chi connectivity index (χ2v) is 7.31. The highest BCUT2D eigenvalue weighted by Crippen LogP contribution is 2.34. The van der Waals surface area contributed by atoms with Crippen molar-refractivity contribution in [3.8, 4) is 22.8 Å². The van der Waals surface area contributed by atoms with E-state index in [0.29, 0.717) is 23.2 Å². The number of rotatable bonds is 6. The molecule has 27 heavy (non-hydrogen) atoms. The average molecular weight is 383 g/mol. The van der Waals surface area contributed by atoms with Crippen molar-refractivity contribution in [2.24, 2.45) is 0 Å². The maximum Gasteiger partial charge on any atom is 0.319 e. The summed E-state index contributed by atoms with van der Waals surface area (Å²) in [4.78, 5) is 12.0. The summed E-state index contributed by atoms with van der Waals surface area (Å²) in [6.07, 6.45) is 0. The maximum atomic E-state index is 12.0. The third kappa shape index (κ3) is 4.14. The predicted molar refractivity (Wildman–Crippen MR) is 105 cm³/mol. The van der Waals surface area contributed by atoms with Crippen molar-refractivity contribution in [1.29, 1.82) is 0 Å². The molecule has 1 aromatic heterocycles. The van der Waals surface area contributed by atoms with Crippen molar-refractivity contribution in [2.45, 2.75) is 31.2 Å². The number of aromatic hydroxyl groups is 1. The van der Waals surface area contributed by atoms with Gasteiger partial charge in [-0.15, -0.1) is 10.2 Å². The standard InChI is InChI=1S/C20H21N3O3S/c1-4-26-19(25)14(3)27-20-22-21-18(16-7-5-6-8-17(16)24)23(20)15-11-9-13(2)10-12-15/h5-12,14,24H,4H2,1-3H3. The number of carbonyl (C=O) groups is 1. The highest BCUT2D eigenvalue weighted by atomic mass is 32.2. The smallest absolute Gasteiger partial charge is 0.319 e. The summed E-state index contributed by atoms with van der Waals surface area (Å²) in [6.45, 7) is 5.90. The first-order valence-corrected chi connectivity index (χ1v) is 9.53. The summed E-state index contributed by atoms with van der Waals surface area (Å²) in [5.74, 6) is 0.328. The monoisotopic (exact) mass is 383 g/mol. The van der Waals surface area contributed by atoms with Crippen LogP contribution in [0.4, 0.5) is 0 Å². The number of nitrogens with zero attached hydrogens (tertiary/aromatic N) is 3. The lowest BCUT2D eigenvalue weighted by Crippen LogP contribution is -2.17. The van der Waals surface area contributed by atoms with Crippen molar-refractivity contribution in [1.82, 2.24) is 14.8 Å². The van der Waals surface area contributed by atoms with Crippen molar-refractivity contribution in [3.05, 3.63) is 54.1 Å². The van der Waals surface area contributed by atoms with Crippen LogP contribution in [0.2, 0.25) is 0 Å². The highest BCUT2D eigenvalue weighted by Gasteiger charge is 2.23. The van der Waals surface area contributed by atoms with Gasteiger partial charge in [0.05, 0.1) is 12.2 Å². The Hall–Kier alpha value is -2.80. The van der Waals surface area contributed by atoms with E-state index in [9.17, 15) is 9.90 Å². The lowest BCUT2D eigenvalue weighted by molar-refractivity contribution is -0.142. The Morgan fingerprint density at radius 1 is 1.19 bits per heavy atom. The molecule has 0 saturated carbocycles. The van der Waals surface area contributed by atoms with Gasteiger partial charge in [0, 0.05) is 5.69 Å². The molecule has 1 atom stereocenters. The van der Waals surface area contributed by atoms with Gasteiger partial charge in [0.25, 0.3) is 0 Å². The van der Waals surface area contributed by atoms with Crippen molar-refractivity contribution in [3.63, 3.8) is 0 Å². The summed E-state index contributed by atoms with van der Waals surface area (Å²) in [5, 5.41) is 18.9. The van der Waals surface area contributed by atoms with Gasteiger partial charge in [0.2, 0.25) is 0 Å². The number of phenolic OH excluding ortho intramolecular Hbond substituents is 1. The first-order valence-electron chi connectivity index (χ1n) is 8.65. The van der Waals surface area contributed by atoms with E-state index in [1.54, 1.807) is 32.0 Å². The molecule has 0 aliphatic heterocycles. The molecular formula is C20H21N3O3S. The molecule has 0 fully saturated rings. The number of phenols is 1. The number of thioether (sulfide) groups is 1. The van der Waals surface area contributed by atoms with Crippen LogP contribution >= 0.6 is 11.8 Å². The van der Waals surface area contributed by atoms with Crippen LogP contribution in [0.15, 0.2) is 53.7 Å². The van der Waals surface area contributed by atoms with Crippen molar-refractivity contribution in [2.75, 3.05) is 6.61 Å². The third-order valence-electron chi connectivity index (χ3n) is 3.97. The van der Waals surface area contributed by atoms with Crippen LogP contribution in [0, 0.1) is 6.92 Å². The molecule has 7 heteroatoms. The summed E-state index contributed by atoms with van der Waals surface area (Å²) in [5.41, 5.74) is 2.55. The van der Waals surface area contributed by atoms with Gasteiger partial charge >= 0.3 is 5.97 Å². The van der Waals surface area contributed by atoms with E-state index in [-0.39, 0.29) is 11.7 Å². The largest absolute Gasteiger partial charge is 0.507 e. The third-order valence-corrected chi connectivity index (χ3v) is 4.99. The fourth-order valence-corrected chi connectivity index (χ4v) is 3.44. The Bertz CT molecular complexity index is 938. The maximum absolute atomic E-state index is 12.0. The van der Waals surface area contributed by atoms with E-state index < -0.39 is 5.25 Å². The molecule has 0 bridgehead atoms. The zero-order valence-electron chi connectivity index (χ0n) is 15.4. The van der Waals surface area contributed by atoms with Gasteiger partial charge in [0.1, 0.15) is 11.0 Å². The lowest BCUT2D eigenvalue weighted by Gasteiger charge is -2.13. The average Bonchev–Trinajstić information content (AvgIpc) is 3.06. The number of ether oxygens (including phenoxy) is 1. The quantitative estimate of drug-likeness (QED) is 0.512. The molecule has 140 valence electrons. The predicted octanol–water partition coefficient (Wildman–Crippen LogP) is 3.99. The molecule has 3 rings (SSSR count). The van der Waals surface area contributed by atoms with Gasteiger partial charge in [-0.25, -0.2) is 0 Å². The summed E-state index contributed by atoms with van der Waals surface area (Å²) >= 11 is 1.27. The van der Waals surface area contributed by atoms with Crippen LogP contribution in [0.3, 0.4) is 0 Å². The van der Waals surface area contributed by atoms with Crippen LogP contribution in [0.25, 0.3) is 17.1 Å². The second kappa shape index (κ2) is 8.26. The normalized spacial score (nSPS) is 12.0. The van der Waals surface area contributed by atoms with Gasteiger partial charge in [-0.05, 0) is 45.0 Å². The lowest BCUT2D eigenvalue weighted by atomic mass is 10.1. The van der Waals surface area contributed by atoms with E-state index in [1.807, 2.05) is 41.8 Å². The number of hydrogen-bond donors (Lipinski definition) is 1. The Morgan fingerprint density at radius 3 is 2.56 bits per heavy atom. The molecule has 0 spiro atoms. The molecule has 6 nitrogen and oxygen atoms in total. The molecule has 0 amide bonds. The molecule has 1 unspecified atom stereocenters. The molecule has 0 aliphatic rings. The SMILES string of the molecule is CCOC(=O)C(C)Sc1nnc(-c2ccccc2O)n1-c1ccc(C)cc1. The van der Waals surface area contributed by atoms with Crippen LogP contribution in [-0.4, -0.2) is 37.7 Å². The highest BCUT2D eigenvalue weighted by molar-refractivity contribution is 8.00. The molecule has 0 aliphatic carbocycles. The minimum Gasteiger partial charge on any atom is -0.507 e. The van der Waals surface area contributed by atoms with Gasteiger partial charge in [-0.3, -0.25) is 9.36 Å². The van der Waals surface area contributed by atoms with E-state index in [1.165, 1.54) is 11.8 Å². The zero-order chi connectivity index (χ0) is 19.4. The topological polar surface area (TPSA) is 77.2 Å². The molecule has 2 aromatic carbocycles. The summed E-state index contributed by atoms with van der Waals surface area (Å²) in [6, 6.07) is 14.9. The molecule has 0 saturated heterocycles. The van der Waals surface area contributed by atoms with Gasteiger partial charge in [-0.2, -0.15) is 0 Å². The first kappa shape index (κ1) is 19.0. The number of esters is 1. The number of benzene rings is 2.